The maximum Gasteiger partial charge on any atom is 0.123 e. The second kappa shape index (κ2) is 5.11. The molecule has 1 aliphatic rings. The van der Waals surface area contributed by atoms with Gasteiger partial charge in [0.05, 0.1) is 11.6 Å². The highest BCUT2D eigenvalue weighted by atomic mass is 35.5. The molecule has 0 aromatic heterocycles. The van der Waals surface area contributed by atoms with Crippen LogP contribution >= 0.6 is 11.6 Å². The summed E-state index contributed by atoms with van der Waals surface area (Å²) in [5, 5.41) is 10.8. The van der Waals surface area contributed by atoms with Crippen LogP contribution in [0.5, 0.6) is 0 Å². The summed E-state index contributed by atoms with van der Waals surface area (Å²) in [6, 6.07) is 3.08. The van der Waals surface area contributed by atoms with Crippen molar-refractivity contribution in [2.75, 3.05) is 0 Å². The van der Waals surface area contributed by atoms with Gasteiger partial charge in [-0.3, -0.25) is 0 Å². The van der Waals surface area contributed by atoms with Crippen molar-refractivity contribution in [2.45, 2.75) is 43.5 Å². The van der Waals surface area contributed by atoms with Gasteiger partial charge in [0, 0.05) is 5.02 Å². The lowest BCUT2D eigenvalue weighted by Gasteiger charge is -2.38. The standard InChI is InChI=1S/C13H16ClF2NO/c14-11-2-1-9(16)7-10(11)12(17)13(18)5-3-8(15)4-6-13/h1-2,7-8,12,18H,3-6,17H2/t8-,12?,13-. The number of hydrogen-bond donors (Lipinski definition) is 2. The van der Waals surface area contributed by atoms with Gasteiger partial charge in [-0.05, 0) is 49.4 Å². The molecule has 18 heavy (non-hydrogen) atoms. The van der Waals surface area contributed by atoms with Crippen molar-refractivity contribution < 1.29 is 13.9 Å². The third-order valence-electron chi connectivity index (χ3n) is 3.65. The van der Waals surface area contributed by atoms with E-state index in [1.165, 1.54) is 18.2 Å². The van der Waals surface area contributed by atoms with Gasteiger partial charge in [0.2, 0.25) is 0 Å². The fourth-order valence-corrected chi connectivity index (χ4v) is 2.67. The number of alkyl halides is 1. The van der Waals surface area contributed by atoms with Crippen LogP contribution in [0.15, 0.2) is 18.2 Å². The summed E-state index contributed by atoms with van der Waals surface area (Å²) in [7, 11) is 0. The number of hydrogen-bond acceptors (Lipinski definition) is 2. The zero-order valence-corrected chi connectivity index (χ0v) is 10.6. The first kappa shape index (κ1) is 13.7. The van der Waals surface area contributed by atoms with Crippen molar-refractivity contribution >= 4 is 11.6 Å². The van der Waals surface area contributed by atoms with Gasteiger partial charge in [0.15, 0.2) is 0 Å². The molecule has 1 aromatic rings. The van der Waals surface area contributed by atoms with Crippen molar-refractivity contribution in [1.29, 1.82) is 0 Å². The zero-order valence-electron chi connectivity index (χ0n) is 9.87. The molecule has 0 aliphatic heterocycles. The maximum atomic E-state index is 13.2. The van der Waals surface area contributed by atoms with Gasteiger partial charge in [0.25, 0.3) is 0 Å². The first-order chi connectivity index (χ1) is 8.42. The zero-order chi connectivity index (χ0) is 13.3. The summed E-state index contributed by atoms with van der Waals surface area (Å²) in [4.78, 5) is 0. The predicted octanol–water partition coefficient (Wildman–Crippen LogP) is 3.12. The van der Waals surface area contributed by atoms with Crippen LogP contribution in [0, 0.1) is 5.82 Å². The monoisotopic (exact) mass is 275 g/mol. The Morgan fingerprint density at radius 1 is 1.39 bits per heavy atom. The molecule has 0 bridgehead atoms. The molecular weight excluding hydrogens is 260 g/mol. The van der Waals surface area contributed by atoms with Crippen LogP contribution < -0.4 is 5.73 Å². The van der Waals surface area contributed by atoms with Crippen molar-refractivity contribution in [3.63, 3.8) is 0 Å². The highest BCUT2D eigenvalue weighted by Crippen LogP contribution is 2.39. The van der Waals surface area contributed by atoms with Gasteiger partial charge in [0.1, 0.15) is 12.0 Å². The van der Waals surface area contributed by atoms with Crippen LogP contribution in [0.25, 0.3) is 0 Å². The fraction of sp³-hybridized carbons (Fsp3) is 0.538. The Bertz CT molecular complexity index is 433. The fourth-order valence-electron chi connectivity index (χ4n) is 2.44. The summed E-state index contributed by atoms with van der Waals surface area (Å²) in [6.45, 7) is 0. The smallest absolute Gasteiger partial charge is 0.123 e. The maximum absolute atomic E-state index is 13.2. The van der Waals surface area contributed by atoms with Crippen LogP contribution in [0.3, 0.4) is 0 Å². The lowest BCUT2D eigenvalue weighted by Crippen LogP contribution is -2.44. The van der Waals surface area contributed by atoms with E-state index in [-0.39, 0.29) is 25.7 Å². The minimum Gasteiger partial charge on any atom is -0.388 e. The second-order valence-corrected chi connectivity index (χ2v) is 5.33. The molecule has 0 heterocycles. The third kappa shape index (κ3) is 2.66. The van der Waals surface area contributed by atoms with Gasteiger partial charge < -0.3 is 10.8 Å². The molecule has 1 fully saturated rings. The lowest BCUT2D eigenvalue weighted by molar-refractivity contribution is -0.0364. The van der Waals surface area contributed by atoms with Crippen LogP contribution in [0.1, 0.15) is 37.3 Å². The second-order valence-electron chi connectivity index (χ2n) is 4.92. The Labute approximate surface area is 110 Å². The average Bonchev–Trinajstić information content (AvgIpc) is 2.35. The SMILES string of the molecule is NC(c1cc(F)ccc1Cl)[C@]1(O)CC[C@H](F)CC1. The molecule has 0 saturated heterocycles. The quantitative estimate of drug-likeness (QED) is 0.871. The van der Waals surface area contributed by atoms with Crippen molar-refractivity contribution in [1.82, 2.24) is 0 Å². The molecule has 1 unspecified atom stereocenters. The summed E-state index contributed by atoms with van der Waals surface area (Å²) < 4.78 is 26.3. The van der Waals surface area contributed by atoms with Crippen LogP contribution in [-0.2, 0) is 0 Å². The van der Waals surface area contributed by atoms with E-state index >= 15 is 0 Å². The number of rotatable bonds is 2. The summed E-state index contributed by atoms with van der Waals surface area (Å²) in [5.74, 6) is -0.451. The minimum atomic E-state index is -1.21. The number of halogens is 3. The first-order valence-corrected chi connectivity index (χ1v) is 6.37. The van der Waals surface area contributed by atoms with E-state index in [1.54, 1.807) is 0 Å². The van der Waals surface area contributed by atoms with E-state index in [1.807, 2.05) is 0 Å². The van der Waals surface area contributed by atoms with E-state index in [0.717, 1.165) is 0 Å². The highest BCUT2D eigenvalue weighted by molar-refractivity contribution is 6.31. The van der Waals surface area contributed by atoms with Crippen LogP contribution in [-0.4, -0.2) is 16.9 Å². The van der Waals surface area contributed by atoms with Crippen LogP contribution in [0.2, 0.25) is 5.02 Å². The van der Waals surface area contributed by atoms with Crippen LogP contribution in [0.4, 0.5) is 8.78 Å². The van der Waals surface area contributed by atoms with Gasteiger partial charge in [-0.2, -0.15) is 0 Å². The first-order valence-electron chi connectivity index (χ1n) is 5.99. The molecule has 1 aromatic carbocycles. The Morgan fingerprint density at radius 2 is 2.00 bits per heavy atom. The normalized spacial score (nSPS) is 30.2. The molecule has 3 N–H and O–H groups in total. The van der Waals surface area contributed by atoms with E-state index in [4.69, 9.17) is 17.3 Å². The Kier molecular flexibility index (Phi) is 3.90. The van der Waals surface area contributed by atoms with E-state index in [9.17, 15) is 13.9 Å². The molecule has 5 heteroatoms. The van der Waals surface area contributed by atoms with Crippen molar-refractivity contribution in [3.8, 4) is 0 Å². The average molecular weight is 276 g/mol. The van der Waals surface area contributed by atoms with Gasteiger partial charge in [-0.25, -0.2) is 8.78 Å². The Morgan fingerprint density at radius 3 is 2.61 bits per heavy atom. The van der Waals surface area contributed by atoms with Gasteiger partial charge >= 0.3 is 0 Å². The van der Waals surface area contributed by atoms with Gasteiger partial charge in [-0.1, -0.05) is 11.6 Å². The molecule has 1 aliphatic carbocycles. The molecule has 2 nitrogen and oxygen atoms in total. The number of nitrogens with two attached hydrogens (primary N) is 1. The Hall–Kier alpha value is -0.710. The lowest BCUT2D eigenvalue weighted by atomic mass is 9.76. The van der Waals surface area contributed by atoms with Gasteiger partial charge in [-0.15, -0.1) is 0 Å². The van der Waals surface area contributed by atoms with Crippen molar-refractivity contribution in [3.05, 3.63) is 34.6 Å². The Balaban J connectivity index is 2.24. The summed E-state index contributed by atoms with van der Waals surface area (Å²) >= 11 is 5.97. The minimum absolute atomic E-state index is 0.266. The topological polar surface area (TPSA) is 46.2 Å². The van der Waals surface area contributed by atoms with E-state index in [2.05, 4.69) is 0 Å². The summed E-state index contributed by atoms with van der Waals surface area (Å²) in [5.41, 5.74) is 5.16. The van der Waals surface area contributed by atoms with Crippen molar-refractivity contribution in [2.24, 2.45) is 5.73 Å². The molecule has 0 spiro atoms. The molecule has 2 rings (SSSR count). The predicted molar refractivity (Wildman–Crippen MR) is 66.7 cm³/mol. The highest BCUT2D eigenvalue weighted by Gasteiger charge is 2.40. The van der Waals surface area contributed by atoms with E-state index < -0.39 is 23.6 Å². The van der Waals surface area contributed by atoms with E-state index in [0.29, 0.717) is 10.6 Å². The molecular formula is C13H16ClF2NO. The summed E-state index contributed by atoms with van der Waals surface area (Å²) in [6.07, 6.45) is 0.193. The molecule has 1 saturated carbocycles. The molecule has 0 amide bonds. The molecule has 1 atom stereocenters. The number of benzene rings is 1. The largest absolute Gasteiger partial charge is 0.388 e. The molecule has 0 radical (unpaired) electrons. The molecule has 100 valence electrons. The number of aliphatic hydroxyl groups is 1. The third-order valence-corrected chi connectivity index (χ3v) is 4.00.